The first-order chi connectivity index (χ1) is 23.3. The van der Waals surface area contributed by atoms with E-state index in [0.717, 1.165) is 72.5 Å². The Morgan fingerprint density at radius 2 is 0.915 bits per heavy atom. The zero-order chi connectivity index (χ0) is 31.2. The van der Waals surface area contributed by atoms with E-state index in [9.17, 15) is 0 Å². The van der Waals surface area contributed by atoms with Crippen LogP contribution in [0.2, 0.25) is 0 Å². The summed E-state index contributed by atoms with van der Waals surface area (Å²) in [5.74, 6) is 3.60. The molecule has 0 bridgehead atoms. The smallest absolute Gasteiger partial charge is 0.164 e. The molecule has 9 rings (SSSR count). The first-order valence-electron chi connectivity index (χ1n) is 15.5. The number of nitrogens with zero attached hydrogens (tertiary/aromatic N) is 4. The summed E-state index contributed by atoms with van der Waals surface area (Å²) in [5.41, 5.74) is 9.22. The minimum Gasteiger partial charge on any atom is -0.456 e. The molecule has 1 aliphatic rings. The third-order valence-electron chi connectivity index (χ3n) is 8.58. The van der Waals surface area contributed by atoms with E-state index in [1.54, 1.807) is 0 Å². The Morgan fingerprint density at radius 1 is 0.383 bits per heavy atom. The first-order valence-corrected chi connectivity index (χ1v) is 15.5. The molecule has 0 N–H and O–H groups in total. The molecule has 2 aromatic heterocycles. The van der Waals surface area contributed by atoms with Crippen LogP contribution in [0.15, 0.2) is 158 Å². The Bertz CT molecular complexity index is 2360. The molecule has 0 saturated heterocycles. The molecule has 0 radical (unpaired) electrons. The molecule has 5 heteroatoms. The van der Waals surface area contributed by atoms with Crippen LogP contribution < -0.4 is 4.74 Å². The Labute approximate surface area is 271 Å². The zero-order valence-corrected chi connectivity index (χ0v) is 25.2. The lowest BCUT2D eigenvalue weighted by molar-refractivity contribution is 0.486. The number of hydrogen-bond acceptors (Lipinski definition) is 5. The van der Waals surface area contributed by atoms with Crippen LogP contribution in [0.1, 0.15) is 0 Å². The number of rotatable bonds is 5. The maximum atomic E-state index is 6.40. The highest BCUT2D eigenvalue weighted by atomic mass is 16.5. The molecule has 220 valence electrons. The molecule has 0 aliphatic carbocycles. The van der Waals surface area contributed by atoms with E-state index in [-0.39, 0.29) is 0 Å². The van der Waals surface area contributed by atoms with Gasteiger partial charge >= 0.3 is 0 Å². The van der Waals surface area contributed by atoms with E-state index >= 15 is 0 Å². The van der Waals surface area contributed by atoms with Gasteiger partial charge in [0.2, 0.25) is 0 Å². The molecule has 6 aromatic carbocycles. The normalized spacial score (nSPS) is 11.6. The maximum absolute atomic E-state index is 6.40. The second-order valence-corrected chi connectivity index (χ2v) is 11.5. The van der Waals surface area contributed by atoms with Gasteiger partial charge in [0.15, 0.2) is 17.5 Å². The van der Waals surface area contributed by atoms with Crippen LogP contribution in [0.5, 0.6) is 11.5 Å². The van der Waals surface area contributed by atoms with Crippen molar-refractivity contribution in [2.75, 3.05) is 0 Å². The summed E-state index contributed by atoms with van der Waals surface area (Å²) in [6, 6.07) is 51.6. The van der Waals surface area contributed by atoms with Gasteiger partial charge in [-0.15, -0.1) is 0 Å². The van der Waals surface area contributed by atoms with E-state index in [2.05, 4.69) is 72.8 Å². The van der Waals surface area contributed by atoms with E-state index in [1.807, 2.05) is 85.1 Å². The topological polar surface area (TPSA) is 60.8 Å². The standard InChI is InChI=1S/C42H26N4O/c1-3-9-29(10-4-1)40-44-41(30-11-5-2-6-12-30)46-42(45-40)31-19-17-27(18-20-31)32-14-7-15-33(25-32)34-21-22-35-37(26-34)47-36-16-8-13-28-23-24-43-39(35)38(28)36/h1-26H. The fourth-order valence-electron chi connectivity index (χ4n) is 6.21. The van der Waals surface area contributed by atoms with Crippen molar-refractivity contribution in [2.24, 2.45) is 0 Å². The summed E-state index contributed by atoms with van der Waals surface area (Å²) < 4.78 is 6.40. The van der Waals surface area contributed by atoms with E-state index in [1.165, 1.54) is 0 Å². The second kappa shape index (κ2) is 11.2. The first kappa shape index (κ1) is 26.9. The van der Waals surface area contributed by atoms with E-state index in [4.69, 9.17) is 24.7 Å². The Morgan fingerprint density at radius 3 is 1.60 bits per heavy atom. The predicted octanol–water partition coefficient (Wildman–Crippen LogP) is 10.5. The average Bonchev–Trinajstić information content (AvgIpc) is 3.15. The quantitative estimate of drug-likeness (QED) is 0.196. The molecule has 0 spiro atoms. The largest absolute Gasteiger partial charge is 0.456 e. The van der Waals surface area contributed by atoms with Crippen molar-refractivity contribution in [1.82, 2.24) is 19.9 Å². The molecule has 0 atom stereocenters. The fraction of sp³-hybridized carbons (Fsp3) is 0. The zero-order valence-electron chi connectivity index (χ0n) is 25.2. The molecule has 8 aromatic rings. The third kappa shape index (κ3) is 4.91. The van der Waals surface area contributed by atoms with Crippen molar-refractivity contribution in [2.45, 2.75) is 0 Å². The number of fused-ring (bicyclic) bond motifs is 2. The highest BCUT2D eigenvalue weighted by Crippen LogP contribution is 2.46. The average molecular weight is 603 g/mol. The van der Waals surface area contributed by atoms with Crippen molar-refractivity contribution >= 4 is 10.8 Å². The summed E-state index contributed by atoms with van der Waals surface area (Å²) in [5, 5.41) is 2.19. The minimum absolute atomic E-state index is 0.638. The van der Waals surface area contributed by atoms with Crippen molar-refractivity contribution in [3.63, 3.8) is 0 Å². The van der Waals surface area contributed by atoms with Gasteiger partial charge in [0.1, 0.15) is 11.5 Å². The van der Waals surface area contributed by atoms with Gasteiger partial charge < -0.3 is 4.74 Å². The summed E-state index contributed by atoms with van der Waals surface area (Å²) >= 11 is 0. The number of pyridine rings is 1. The van der Waals surface area contributed by atoms with Crippen molar-refractivity contribution in [1.29, 1.82) is 0 Å². The summed E-state index contributed by atoms with van der Waals surface area (Å²) in [6.45, 7) is 0. The van der Waals surface area contributed by atoms with Crippen molar-refractivity contribution in [3.8, 4) is 79.2 Å². The molecule has 47 heavy (non-hydrogen) atoms. The van der Waals surface area contributed by atoms with Gasteiger partial charge in [0.05, 0.1) is 11.1 Å². The molecule has 0 fully saturated rings. The number of hydrogen-bond donors (Lipinski definition) is 0. The Kier molecular flexibility index (Phi) is 6.39. The van der Waals surface area contributed by atoms with E-state index in [0.29, 0.717) is 17.5 Å². The highest BCUT2D eigenvalue weighted by molar-refractivity contribution is 6.02. The summed E-state index contributed by atoms with van der Waals surface area (Å²) in [4.78, 5) is 19.3. The maximum Gasteiger partial charge on any atom is 0.164 e. The van der Waals surface area contributed by atoms with Gasteiger partial charge in [-0.05, 0) is 58.0 Å². The predicted molar refractivity (Wildman–Crippen MR) is 188 cm³/mol. The minimum atomic E-state index is 0.638. The van der Waals surface area contributed by atoms with Gasteiger partial charge in [-0.25, -0.2) is 15.0 Å². The lowest BCUT2D eigenvalue weighted by Crippen LogP contribution is -2.00. The van der Waals surface area contributed by atoms with Crippen LogP contribution in [0.25, 0.3) is 78.4 Å². The van der Waals surface area contributed by atoms with Crippen LogP contribution in [0.4, 0.5) is 0 Å². The van der Waals surface area contributed by atoms with Gasteiger partial charge in [-0.1, -0.05) is 121 Å². The van der Waals surface area contributed by atoms with Crippen molar-refractivity contribution in [3.05, 3.63) is 158 Å². The van der Waals surface area contributed by atoms with Crippen LogP contribution in [0.3, 0.4) is 0 Å². The van der Waals surface area contributed by atoms with Crippen molar-refractivity contribution < 1.29 is 4.74 Å². The molecule has 0 saturated carbocycles. The van der Waals surface area contributed by atoms with Crippen LogP contribution >= 0.6 is 0 Å². The van der Waals surface area contributed by atoms with Crippen LogP contribution in [-0.2, 0) is 0 Å². The molecule has 1 aliphatic heterocycles. The monoisotopic (exact) mass is 602 g/mol. The molecule has 3 heterocycles. The fourth-order valence-corrected chi connectivity index (χ4v) is 6.21. The number of benzene rings is 6. The van der Waals surface area contributed by atoms with Crippen LogP contribution in [-0.4, -0.2) is 19.9 Å². The van der Waals surface area contributed by atoms with Gasteiger partial charge in [-0.2, -0.15) is 0 Å². The summed E-state index contributed by atoms with van der Waals surface area (Å²) in [6.07, 6.45) is 1.87. The SMILES string of the molecule is c1ccc(-c2nc(-c3ccccc3)nc(-c3ccc(-c4cccc(-c5ccc6c(c5)Oc5cccc7ccnc-6c57)c4)cc3)n2)cc1. The molecular weight excluding hydrogens is 576 g/mol. The lowest BCUT2D eigenvalue weighted by atomic mass is 9.95. The molecular formula is C42H26N4O. The third-order valence-corrected chi connectivity index (χ3v) is 8.58. The molecule has 0 unspecified atom stereocenters. The highest BCUT2D eigenvalue weighted by Gasteiger charge is 2.21. The van der Waals surface area contributed by atoms with Gasteiger partial charge in [-0.3, -0.25) is 4.98 Å². The molecule has 5 nitrogen and oxygen atoms in total. The van der Waals surface area contributed by atoms with Crippen LogP contribution in [0, 0.1) is 0 Å². The van der Waals surface area contributed by atoms with Gasteiger partial charge in [0, 0.05) is 28.5 Å². The number of ether oxygens (including phenoxy) is 1. The number of aromatic nitrogens is 4. The van der Waals surface area contributed by atoms with Gasteiger partial charge in [0.25, 0.3) is 0 Å². The Balaban J connectivity index is 1.05. The summed E-state index contributed by atoms with van der Waals surface area (Å²) in [7, 11) is 0. The molecule has 0 amide bonds. The lowest BCUT2D eigenvalue weighted by Gasteiger charge is -2.21. The van der Waals surface area contributed by atoms with E-state index < -0.39 is 0 Å². The Hall–Kier alpha value is -6.46. The second-order valence-electron chi connectivity index (χ2n) is 11.5.